The molecule has 1 aromatic rings. The van der Waals surface area contributed by atoms with Crippen LogP contribution in [0.1, 0.15) is 13.8 Å². The van der Waals surface area contributed by atoms with Crippen molar-refractivity contribution in [3.63, 3.8) is 0 Å². The fraction of sp³-hybridized carbons (Fsp3) is 0.429. The van der Waals surface area contributed by atoms with Crippen LogP contribution in [0.5, 0.6) is 0 Å². The Labute approximate surface area is 122 Å². The third-order valence-corrected chi connectivity index (χ3v) is 5.57. The molecule has 0 aliphatic carbocycles. The summed E-state index contributed by atoms with van der Waals surface area (Å²) in [7, 11) is 0. The predicted molar refractivity (Wildman–Crippen MR) is 67.7 cm³/mol. The van der Waals surface area contributed by atoms with Crippen LogP contribution in [0.15, 0.2) is 36.4 Å². The van der Waals surface area contributed by atoms with Crippen LogP contribution in [0.4, 0.5) is 0 Å². The van der Waals surface area contributed by atoms with Crippen molar-refractivity contribution >= 4 is 19.4 Å². The summed E-state index contributed by atoms with van der Waals surface area (Å²) in [4.78, 5) is 0. The molecule has 1 aliphatic rings. The molecule has 0 spiro atoms. The molecule has 2 rings (SSSR count). The van der Waals surface area contributed by atoms with Crippen LogP contribution in [0.2, 0.25) is 5.32 Å². The van der Waals surface area contributed by atoms with Gasteiger partial charge in [0.05, 0.1) is 0 Å². The summed E-state index contributed by atoms with van der Waals surface area (Å²) in [6, 6.07) is 10.8. The first-order valence-corrected chi connectivity index (χ1v) is 7.76. The van der Waals surface area contributed by atoms with Gasteiger partial charge in [0.25, 0.3) is 0 Å². The number of benzene rings is 1. The second-order valence-electron chi connectivity index (χ2n) is 4.25. The quantitative estimate of drug-likeness (QED) is 0.534. The van der Waals surface area contributed by atoms with Gasteiger partial charge in [-0.25, -0.2) is 0 Å². The van der Waals surface area contributed by atoms with Crippen LogP contribution in [-0.4, -0.2) is 21.1 Å². The number of ether oxygens (including phenoxy) is 1. The maximum Gasteiger partial charge on any atom is 1.00 e. The van der Waals surface area contributed by atoms with Gasteiger partial charge in [0, 0.05) is 0 Å². The molecule has 3 atom stereocenters. The van der Waals surface area contributed by atoms with Crippen molar-refractivity contribution in [3.05, 3.63) is 42.7 Å². The first-order chi connectivity index (χ1) is 7.77. The molecular formula is C14H17LiOSe. The first kappa shape index (κ1) is 14.9. The van der Waals surface area contributed by atoms with E-state index in [1.807, 2.05) is 0 Å². The molecule has 0 radical (unpaired) electrons. The van der Waals surface area contributed by atoms with E-state index in [-0.39, 0.29) is 18.9 Å². The third kappa shape index (κ3) is 4.23. The van der Waals surface area contributed by atoms with Crippen molar-refractivity contribution < 1.29 is 23.6 Å². The average Bonchev–Trinajstić information content (AvgIpc) is 2.32. The molecule has 0 amide bonds. The molecule has 3 heteroatoms. The molecule has 0 fully saturated rings. The first-order valence-electron chi connectivity index (χ1n) is 5.69. The van der Waals surface area contributed by atoms with E-state index in [0.717, 1.165) is 0 Å². The van der Waals surface area contributed by atoms with E-state index in [4.69, 9.17) is 4.74 Å². The number of hydrogen-bond acceptors (Lipinski definition) is 1. The zero-order chi connectivity index (χ0) is 11.4. The minimum absolute atomic E-state index is 0. The molecule has 0 saturated carbocycles. The molecule has 1 aliphatic heterocycles. The normalized spacial score (nSPS) is 27.1. The maximum absolute atomic E-state index is 5.37. The Morgan fingerprint density at radius 1 is 1.24 bits per heavy atom. The topological polar surface area (TPSA) is 9.23 Å². The van der Waals surface area contributed by atoms with Gasteiger partial charge in [-0.05, 0) is 0 Å². The number of allylic oxidation sites excluding steroid dienone is 1. The van der Waals surface area contributed by atoms with Crippen LogP contribution >= 0.6 is 0 Å². The summed E-state index contributed by atoms with van der Waals surface area (Å²) in [5, 5.41) is 1.25. The molecule has 1 nitrogen and oxygen atoms in total. The second-order valence-corrected chi connectivity index (χ2v) is 6.55. The van der Waals surface area contributed by atoms with Crippen molar-refractivity contribution in [2.75, 3.05) is 0 Å². The molecule has 0 bridgehead atoms. The Kier molecular flexibility index (Phi) is 6.45. The zero-order valence-corrected chi connectivity index (χ0v) is 12.4. The van der Waals surface area contributed by atoms with Gasteiger partial charge in [0.15, 0.2) is 0 Å². The molecular weight excluding hydrogens is 270 g/mol. The monoisotopic (exact) mass is 288 g/mol. The molecule has 0 saturated heterocycles. The summed E-state index contributed by atoms with van der Waals surface area (Å²) in [5.74, 6) is 1.23. The van der Waals surface area contributed by atoms with Gasteiger partial charge in [0.1, 0.15) is 0 Å². The average molecular weight is 287 g/mol. The Balaban J connectivity index is 0.00000144. The molecule has 86 valence electrons. The SMILES string of the molecule is C[C@@H]1[C@H](C[Se]c2ccccc2)C=[C-]O[C@@H]1C.[Li+]. The summed E-state index contributed by atoms with van der Waals surface area (Å²) >= 11 is 0.565. The molecule has 0 N–H and O–H groups in total. The predicted octanol–water partition coefficient (Wildman–Crippen LogP) is -0.574. The van der Waals surface area contributed by atoms with Crippen LogP contribution < -0.4 is 23.3 Å². The molecule has 17 heavy (non-hydrogen) atoms. The van der Waals surface area contributed by atoms with Crippen molar-refractivity contribution in [1.82, 2.24) is 0 Å². The van der Waals surface area contributed by atoms with Crippen molar-refractivity contribution in [2.24, 2.45) is 11.8 Å². The molecule has 1 heterocycles. The Hall–Kier alpha value is -0.123. The van der Waals surface area contributed by atoms with Gasteiger partial charge in [-0.1, -0.05) is 0 Å². The van der Waals surface area contributed by atoms with E-state index in [9.17, 15) is 0 Å². The number of hydrogen-bond donors (Lipinski definition) is 0. The standard InChI is InChI=1S/C14H17OSe.Li/c1-11-12(2)15-9-8-13(11)10-16-14-6-4-3-5-7-14;/h3-8,11-13H,10H2,1-2H3;/q-1;+1/t11-,12+,13-;/m0./s1. The summed E-state index contributed by atoms with van der Waals surface area (Å²) in [6.07, 6.45) is 5.35. The van der Waals surface area contributed by atoms with Gasteiger partial charge in [0.2, 0.25) is 0 Å². The van der Waals surface area contributed by atoms with Gasteiger partial charge in [-0.2, -0.15) is 0 Å². The summed E-state index contributed by atoms with van der Waals surface area (Å²) in [5.41, 5.74) is 0. The van der Waals surface area contributed by atoms with Gasteiger partial charge >= 0.3 is 123 Å². The van der Waals surface area contributed by atoms with Crippen molar-refractivity contribution in [1.29, 1.82) is 0 Å². The van der Waals surface area contributed by atoms with E-state index in [1.165, 1.54) is 9.78 Å². The molecule has 1 aromatic carbocycles. The minimum Gasteiger partial charge on any atom is 1.00 e. The number of rotatable bonds is 3. The van der Waals surface area contributed by atoms with Crippen molar-refractivity contribution in [2.45, 2.75) is 25.3 Å². The van der Waals surface area contributed by atoms with Crippen LogP contribution in [-0.2, 0) is 4.74 Å². The molecule has 0 aromatic heterocycles. The van der Waals surface area contributed by atoms with Gasteiger partial charge in [-0.15, -0.1) is 0 Å². The molecule has 0 unspecified atom stereocenters. The Morgan fingerprint density at radius 2 is 1.94 bits per heavy atom. The largest absolute Gasteiger partial charge is 1.00 e. The van der Waals surface area contributed by atoms with E-state index < -0.39 is 0 Å². The van der Waals surface area contributed by atoms with Crippen molar-refractivity contribution in [3.8, 4) is 0 Å². The van der Waals surface area contributed by atoms with E-state index >= 15 is 0 Å². The smallest absolute Gasteiger partial charge is 1.00 e. The van der Waals surface area contributed by atoms with Gasteiger partial charge in [-0.3, -0.25) is 0 Å². The van der Waals surface area contributed by atoms with Gasteiger partial charge < -0.3 is 0 Å². The van der Waals surface area contributed by atoms with Crippen LogP contribution in [0, 0.1) is 18.1 Å². The summed E-state index contributed by atoms with van der Waals surface area (Å²) < 4.78 is 6.85. The van der Waals surface area contributed by atoms with Crippen LogP contribution in [0.25, 0.3) is 0 Å². The Bertz CT molecular complexity index is 352. The van der Waals surface area contributed by atoms with E-state index in [1.54, 1.807) is 0 Å². The second kappa shape index (κ2) is 7.34. The van der Waals surface area contributed by atoms with Crippen LogP contribution in [0.3, 0.4) is 0 Å². The third-order valence-electron chi connectivity index (χ3n) is 3.14. The summed E-state index contributed by atoms with van der Waals surface area (Å²) in [6.45, 7) is 4.40. The fourth-order valence-electron chi connectivity index (χ4n) is 1.75. The van der Waals surface area contributed by atoms with E-state index in [0.29, 0.717) is 32.9 Å². The zero-order valence-electron chi connectivity index (χ0n) is 10.7. The minimum atomic E-state index is 0. The maximum atomic E-state index is 5.37. The van der Waals surface area contributed by atoms with E-state index in [2.05, 4.69) is 56.5 Å². The Morgan fingerprint density at radius 3 is 2.65 bits per heavy atom. The fourth-order valence-corrected chi connectivity index (χ4v) is 4.13.